The van der Waals surface area contributed by atoms with E-state index in [1.54, 1.807) is 6.92 Å². The summed E-state index contributed by atoms with van der Waals surface area (Å²) in [5.41, 5.74) is 3.94. The van der Waals surface area contributed by atoms with Crippen LogP contribution in [-0.2, 0) is 9.53 Å². The lowest BCUT2D eigenvalue weighted by Gasteiger charge is -2.58. The van der Waals surface area contributed by atoms with Gasteiger partial charge in [-0.2, -0.15) is 0 Å². The Hall–Kier alpha value is -1.31. The number of hydrogen-bond acceptors (Lipinski definition) is 2. The summed E-state index contributed by atoms with van der Waals surface area (Å²) in [6.45, 7) is 17.9. The summed E-state index contributed by atoms with van der Waals surface area (Å²) in [7, 11) is 0. The van der Waals surface area contributed by atoms with E-state index in [9.17, 15) is 4.79 Å². The van der Waals surface area contributed by atoms with E-state index in [1.807, 2.05) is 5.57 Å². The molecule has 2 unspecified atom stereocenters. The van der Waals surface area contributed by atoms with Gasteiger partial charge in [0.15, 0.2) is 0 Å². The third-order valence-corrected chi connectivity index (χ3v) is 10.8. The number of carbonyl (C=O) groups excluding carboxylic acids is 1. The molecule has 0 N–H and O–H groups in total. The minimum Gasteiger partial charge on any atom is -0.463 e. The molecular weight excluding hydrogens is 404 g/mol. The number of fused-ring (bicyclic) bond motifs is 5. The highest BCUT2D eigenvalue weighted by Gasteiger charge is 2.58. The number of hydrogen-bond donors (Lipinski definition) is 0. The van der Waals surface area contributed by atoms with Crippen molar-refractivity contribution in [2.24, 2.45) is 46.3 Å². The lowest BCUT2D eigenvalue weighted by Crippen LogP contribution is -2.50. The van der Waals surface area contributed by atoms with E-state index >= 15 is 0 Å². The van der Waals surface area contributed by atoms with E-state index in [0.29, 0.717) is 28.6 Å². The van der Waals surface area contributed by atoms with Gasteiger partial charge in [0, 0.05) is 6.92 Å². The zero-order valence-electron chi connectivity index (χ0n) is 22.2. The quantitative estimate of drug-likeness (QED) is 0.299. The third kappa shape index (κ3) is 4.41. The van der Waals surface area contributed by atoms with Gasteiger partial charge in [0.2, 0.25) is 0 Å². The summed E-state index contributed by atoms with van der Waals surface area (Å²) in [5, 5.41) is 0. The fraction of sp³-hybridized carbons (Fsp3) is 0.774. The first-order chi connectivity index (χ1) is 15.6. The standard InChI is InChI=1S/C31H48O2/c1-8-23(20(2)3)10-9-21(4)27-13-14-28-26-12-11-24-19-25(33-22(5)32)15-17-30(24,6)29(26)16-18-31(27,28)7/h9-10,12,21,23-25,27-29H,2,8,11,13-19H2,1,3-7H3/t21-,23-,24?,25?,27-,28+,29+,30+,31-/m1/s1. The second kappa shape index (κ2) is 9.38. The van der Waals surface area contributed by atoms with Gasteiger partial charge >= 0.3 is 5.97 Å². The number of rotatable bonds is 6. The molecule has 0 heterocycles. The normalized spacial score (nSPS) is 42.0. The van der Waals surface area contributed by atoms with Gasteiger partial charge in [-0.25, -0.2) is 0 Å². The highest BCUT2D eigenvalue weighted by Crippen LogP contribution is 2.66. The molecule has 4 rings (SSSR count). The molecule has 0 aromatic carbocycles. The van der Waals surface area contributed by atoms with E-state index in [4.69, 9.17) is 4.74 Å². The Kier molecular flexibility index (Phi) is 7.05. The molecule has 0 aromatic heterocycles. The largest absolute Gasteiger partial charge is 0.463 e. The summed E-state index contributed by atoms with van der Waals surface area (Å²) in [6.07, 6.45) is 18.9. The first kappa shape index (κ1) is 24.8. The highest BCUT2D eigenvalue weighted by atomic mass is 16.5. The van der Waals surface area contributed by atoms with Crippen LogP contribution in [0.15, 0.2) is 36.0 Å². The number of allylic oxidation sites excluding steroid dienone is 5. The fourth-order valence-electron chi connectivity index (χ4n) is 8.81. The van der Waals surface area contributed by atoms with Gasteiger partial charge in [-0.15, -0.1) is 0 Å². The van der Waals surface area contributed by atoms with Gasteiger partial charge in [-0.3, -0.25) is 4.79 Å². The highest BCUT2D eigenvalue weighted by molar-refractivity contribution is 5.66. The van der Waals surface area contributed by atoms with E-state index in [-0.39, 0.29) is 12.1 Å². The third-order valence-electron chi connectivity index (χ3n) is 10.8. The second-order valence-electron chi connectivity index (χ2n) is 12.6. The average Bonchev–Trinajstić information content (AvgIpc) is 3.11. The summed E-state index contributed by atoms with van der Waals surface area (Å²) < 4.78 is 5.64. The van der Waals surface area contributed by atoms with Gasteiger partial charge < -0.3 is 4.74 Å². The molecule has 9 atom stereocenters. The topological polar surface area (TPSA) is 26.3 Å². The summed E-state index contributed by atoms with van der Waals surface area (Å²) in [4.78, 5) is 11.5. The summed E-state index contributed by atoms with van der Waals surface area (Å²) >= 11 is 0. The molecule has 0 radical (unpaired) electrons. The smallest absolute Gasteiger partial charge is 0.302 e. The minimum absolute atomic E-state index is 0.113. The SMILES string of the molecule is C=C(C)[C@@H](C=C[C@@H](C)[C@H]1CC[C@H]2C3=CCC4CC(OC(C)=O)CC[C@]4(C)[C@H]3CC[C@]12C)CC. The van der Waals surface area contributed by atoms with Gasteiger partial charge in [0.1, 0.15) is 6.10 Å². The number of ether oxygens (including phenoxy) is 1. The van der Waals surface area contributed by atoms with Gasteiger partial charge in [-0.1, -0.05) is 63.6 Å². The predicted molar refractivity (Wildman–Crippen MR) is 138 cm³/mol. The van der Waals surface area contributed by atoms with Crippen LogP contribution in [0.1, 0.15) is 99.3 Å². The Morgan fingerprint density at radius 3 is 2.48 bits per heavy atom. The van der Waals surface area contributed by atoms with Crippen molar-refractivity contribution in [2.45, 2.75) is 105 Å². The van der Waals surface area contributed by atoms with Crippen molar-refractivity contribution in [1.82, 2.24) is 0 Å². The van der Waals surface area contributed by atoms with Crippen molar-refractivity contribution < 1.29 is 9.53 Å². The molecule has 4 aliphatic carbocycles. The molecule has 0 aliphatic heterocycles. The van der Waals surface area contributed by atoms with Crippen molar-refractivity contribution in [3.63, 3.8) is 0 Å². The van der Waals surface area contributed by atoms with Crippen molar-refractivity contribution in [1.29, 1.82) is 0 Å². The van der Waals surface area contributed by atoms with E-state index in [1.165, 1.54) is 44.1 Å². The van der Waals surface area contributed by atoms with Crippen molar-refractivity contribution in [2.75, 3.05) is 0 Å². The first-order valence-corrected chi connectivity index (χ1v) is 13.8. The zero-order valence-corrected chi connectivity index (χ0v) is 22.2. The second-order valence-corrected chi connectivity index (χ2v) is 12.6. The van der Waals surface area contributed by atoms with Gasteiger partial charge in [-0.05, 0) is 111 Å². The van der Waals surface area contributed by atoms with E-state index < -0.39 is 0 Å². The minimum atomic E-state index is -0.113. The van der Waals surface area contributed by atoms with Gasteiger partial charge in [0.25, 0.3) is 0 Å². The predicted octanol–water partition coefficient (Wildman–Crippen LogP) is 8.29. The molecular formula is C31H48O2. The maximum Gasteiger partial charge on any atom is 0.302 e. The van der Waals surface area contributed by atoms with E-state index in [2.05, 4.69) is 59.4 Å². The van der Waals surface area contributed by atoms with Crippen LogP contribution in [0.25, 0.3) is 0 Å². The lowest BCUT2D eigenvalue weighted by atomic mass is 9.47. The molecule has 2 heteroatoms. The Bertz CT molecular complexity index is 821. The number of carbonyl (C=O) groups is 1. The van der Waals surface area contributed by atoms with Crippen LogP contribution < -0.4 is 0 Å². The monoisotopic (exact) mass is 452 g/mol. The first-order valence-electron chi connectivity index (χ1n) is 13.8. The molecule has 0 bridgehead atoms. The van der Waals surface area contributed by atoms with Crippen LogP contribution >= 0.6 is 0 Å². The summed E-state index contributed by atoms with van der Waals surface area (Å²) in [5.74, 6) is 4.01. The van der Waals surface area contributed by atoms with Crippen LogP contribution in [0, 0.1) is 46.3 Å². The van der Waals surface area contributed by atoms with Crippen molar-refractivity contribution >= 4 is 5.97 Å². The molecule has 4 aliphatic rings. The molecule has 3 fully saturated rings. The Balaban J connectivity index is 1.51. The van der Waals surface area contributed by atoms with Gasteiger partial charge in [0.05, 0.1) is 0 Å². The van der Waals surface area contributed by atoms with Crippen LogP contribution in [0.4, 0.5) is 0 Å². The molecule has 2 nitrogen and oxygen atoms in total. The lowest BCUT2D eigenvalue weighted by molar-refractivity contribution is -0.152. The van der Waals surface area contributed by atoms with Crippen LogP contribution in [0.2, 0.25) is 0 Å². The maximum absolute atomic E-state index is 11.5. The maximum atomic E-state index is 11.5. The molecule has 3 saturated carbocycles. The fourth-order valence-corrected chi connectivity index (χ4v) is 8.81. The molecule has 184 valence electrons. The molecule has 0 saturated heterocycles. The van der Waals surface area contributed by atoms with Crippen molar-refractivity contribution in [3.8, 4) is 0 Å². The van der Waals surface area contributed by atoms with Crippen LogP contribution in [-0.4, -0.2) is 12.1 Å². The van der Waals surface area contributed by atoms with E-state index in [0.717, 1.165) is 37.0 Å². The van der Waals surface area contributed by atoms with Crippen LogP contribution in [0.5, 0.6) is 0 Å². The number of esters is 1. The Labute approximate surface area is 203 Å². The molecule has 33 heavy (non-hydrogen) atoms. The molecule has 0 amide bonds. The Morgan fingerprint density at radius 1 is 1.12 bits per heavy atom. The zero-order chi connectivity index (χ0) is 24.0. The van der Waals surface area contributed by atoms with Crippen LogP contribution in [0.3, 0.4) is 0 Å². The Morgan fingerprint density at radius 2 is 1.82 bits per heavy atom. The van der Waals surface area contributed by atoms with Crippen molar-refractivity contribution in [3.05, 3.63) is 36.0 Å². The summed E-state index contributed by atoms with van der Waals surface area (Å²) in [6, 6.07) is 0. The molecule has 0 aromatic rings. The average molecular weight is 453 g/mol. The molecule has 0 spiro atoms.